The molecule has 0 spiro atoms. The maximum absolute atomic E-state index is 13.5. The standard InChI is InChI=1S/C23H23ClFN3O2/c1-2-26-11-13-27(14-12-26)21-20(16-7-9-18(25)10-8-16)22(29)28(23(21)30)15-17-5-3-4-6-19(17)24/h3-10H,2,11-15H2,1H3. The minimum absolute atomic E-state index is 0.0977. The summed E-state index contributed by atoms with van der Waals surface area (Å²) in [5, 5.41) is 0.506. The van der Waals surface area contributed by atoms with Crippen molar-refractivity contribution in [1.82, 2.24) is 14.7 Å². The van der Waals surface area contributed by atoms with Crippen molar-refractivity contribution in [2.45, 2.75) is 13.5 Å². The minimum atomic E-state index is -0.387. The Hall–Kier alpha value is -2.70. The first kappa shape index (κ1) is 20.6. The van der Waals surface area contributed by atoms with Gasteiger partial charge < -0.3 is 9.80 Å². The van der Waals surface area contributed by atoms with E-state index in [9.17, 15) is 14.0 Å². The third-order valence-electron chi connectivity index (χ3n) is 5.70. The zero-order valence-corrected chi connectivity index (χ0v) is 17.5. The van der Waals surface area contributed by atoms with Crippen LogP contribution in [0, 0.1) is 5.82 Å². The Morgan fingerprint density at radius 1 is 0.933 bits per heavy atom. The summed E-state index contributed by atoms with van der Waals surface area (Å²) in [7, 11) is 0. The summed E-state index contributed by atoms with van der Waals surface area (Å²) in [6, 6.07) is 12.9. The highest BCUT2D eigenvalue weighted by Gasteiger charge is 2.42. The molecule has 0 saturated carbocycles. The lowest BCUT2D eigenvalue weighted by molar-refractivity contribution is -0.138. The summed E-state index contributed by atoms with van der Waals surface area (Å²) < 4.78 is 13.5. The first-order valence-corrected chi connectivity index (χ1v) is 10.4. The van der Waals surface area contributed by atoms with E-state index in [2.05, 4.69) is 11.8 Å². The van der Waals surface area contributed by atoms with Gasteiger partial charge in [-0.05, 0) is 35.9 Å². The molecule has 1 fully saturated rings. The monoisotopic (exact) mass is 427 g/mol. The molecule has 2 aromatic carbocycles. The Morgan fingerprint density at radius 3 is 2.23 bits per heavy atom. The molecule has 7 heteroatoms. The smallest absolute Gasteiger partial charge is 0.278 e. The quantitative estimate of drug-likeness (QED) is 0.686. The molecule has 0 aromatic heterocycles. The van der Waals surface area contributed by atoms with Crippen molar-refractivity contribution in [3.05, 3.63) is 76.2 Å². The first-order valence-electron chi connectivity index (χ1n) is 10.1. The lowest BCUT2D eigenvalue weighted by Crippen LogP contribution is -2.47. The average Bonchev–Trinajstić information content (AvgIpc) is 3.00. The molecule has 2 aromatic rings. The van der Waals surface area contributed by atoms with E-state index in [-0.39, 0.29) is 24.2 Å². The predicted molar refractivity (Wildman–Crippen MR) is 114 cm³/mol. The molecule has 4 rings (SSSR count). The lowest BCUT2D eigenvalue weighted by Gasteiger charge is -2.36. The van der Waals surface area contributed by atoms with E-state index < -0.39 is 0 Å². The van der Waals surface area contributed by atoms with E-state index in [0.717, 1.165) is 19.6 Å². The Bertz CT molecular complexity index is 998. The Balaban J connectivity index is 1.71. The molecule has 1 saturated heterocycles. The van der Waals surface area contributed by atoms with Crippen LogP contribution in [0.2, 0.25) is 5.02 Å². The highest BCUT2D eigenvalue weighted by Crippen LogP contribution is 2.34. The zero-order valence-electron chi connectivity index (χ0n) is 16.8. The number of rotatable bonds is 5. The molecule has 156 valence electrons. The Kier molecular flexibility index (Phi) is 5.88. The number of nitrogens with zero attached hydrogens (tertiary/aromatic N) is 3. The number of piperazine rings is 1. The molecule has 0 unspecified atom stereocenters. The van der Waals surface area contributed by atoms with Gasteiger partial charge in [0.2, 0.25) is 0 Å². The summed E-state index contributed by atoms with van der Waals surface area (Å²) in [4.78, 5) is 32.3. The molecular formula is C23H23ClFN3O2. The lowest BCUT2D eigenvalue weighted by atomic mass is 10.0. The number of benzene rings is 2. The summed E-state index contributed by atoms with van der Waals surface area (Å²) in [5.74, 6) is -1.09. The predicted octanol–water partition coefficient (Wildman–Crippen LogP) is 3.40. The number of likely N-dealkylation sites (N-methyl/N-ethyl adjacent to an activating group) is 1. The highest BCUT2D eigenvalue weighted by molar-refractivity contribution is 6.35. The van der Waals surface area contributed by atoms with E-state index in [4.69, 9.17) is 11.6 Å². The highest BCUT2D eigenvalue weighted by atomic mass is 35.5. The Morgan fingerprint density at radius 2 is 1.60 bits per heavy atom. The maximum Gasteiger partial charge on any atom is 0.278 e. The van der Waals surface area contributed by atoms with E-state index >= 15 is 0 Å². The van der Waals surface area contributed by atoms with E-state index in [1.54, 1.807) is 30.3 Å². The van der Waals surface area contributed by atoms with E-state index in [0.29, 0.717) is 40.5 Å². The molecule has 2 aliphatic rings. The average molecular weight is 428 g/mol. The van der Waals surface area contributed by atoms with E-state index in [1.165, 1.54) is 17.0 Å². The molecule has 2 aliphatic heterocycles. The molecule has 2 amide bonds. The van der Waals surface area contributed by atoms with Gasteiger partial charge in [-0.15, -0.1) is 0 Å². The molecule has 30 heavy (non-hydrogen) atoms. The molecule has 0 N–H and O–H groups in total. The fourth-order valence-electron chi connectivity index (χ4n) is 3.96. The summed E-state index contributed by atoms with van der Waals surface area (Å²) >= 11 is 6.27. The SMILES string of the molecule is CCN1CCN(C2=C(c3ccc(F)cc3)C(=O)N(Cc3ccccc3Cl)C2=O)CC1. The van der Waals surface area contributed by atoms with Crippen LogP contribution >= 0.6 is 11.6 Å². The van der Waals surface area contributed by atoms with Gasteiger partial charge in [0.1, 0.15) is 11.5 Å². The molecule has 0 radical (unpaired) electrons. The number of hydrogen-bond acceptors (Lipinski definition) is 4. The maximum atomic E-state index is 13.5. The van der Waals surface area contributed by atoms with Gasteiger partial charge in [0.05, 0.1) is 12.1 Å². The second-order valence-electron chi connectivity index (χ2n) is 7.44. The Labute approximate surface area is 180 Å². The molecule has 0 aliphatic carbocycles. The molecular weight excluding hydrogens is 405 g/mol. The number of hydrogen-bond donors (Lipinski definition) is 0. The van der Waals surface area contributed by atoms with Gasteiger partial charge >= 0.3 is 0 Å². The van der Waals surface area contributed by atoms with Crippen molar-refractivity contribution in [2.24, 2.45) is 0 Å². The van der Waals surface area contributed by atoms with Gasteiger partial charge in [-0.25, -0.2) is 4.39 Å². The minimum Gasteiger partial charge on any atom is -0.364 e. The number of imide groups is 1. The van der Waals surface area contributed by atoms with Crippen molar-refractivity contribution >= 4 is 29.0 Å². The second kappa shape index (κ2) is 8.58. The van der Waals surface area contributed by atoms with Crippen LogP contribution in [0.4, 0.5) is 4.39 Å². The zero-order chi connectivity index (χ0) is 21.3. The van der Waals surface area contributed by atoms with Crippen LogP contribution in [0.5, 0.6) is 0 Å². The fourth-order valence-corrected chi connectivity index (χ4v) is 4.16. The summed E-state index contributed by atoms with van der Waals surface area (Å²) in [6.07, 6.45) is 0. The van der Waals surface area contributed by atoms with Gasteiger partial charge in [0.15, 0.2) is 0 Å². The van der Waals surface area contributed by atoms with Gasteiger partial charge in [-0.1, -0.05) is 48.9 Å². The van der Waals surface area contributed by atoms with E-state index in [1.807, 2.05) is 11.0 Å². The fraction of sp³-hybridized carbons (Fsp3) is 0.304. The van der Waals surface area contributed by atoms with Crippen molar-refractivity contribution in [2.75, 3.05) is 32.7 Å². The molecule has 2 heterocycles. The van der Waals surface area contributed by atoms with Crippen molar-refractivity contribution in [3.8, 4) is 0 Å². The van der Waals surface area contributed by atoms with Gasteiger partial charge in [0, 0.05) is 31.2 Å². The van der Waals surface area contributed by atoms with Crippen LogP contribution in [0.3, 0.4) is 0 Å². The number of amides is 2. The van der Waals surface area contributed by atoms with Crippen molar-refractivity contribution in [1.29, 1.82) is 0 Å². The summed E-state index contributed by atoms with van der Waals surface area (Å²) in [6.45, 7) is 6.11. The third kappa shape index (κ3) is 3.85. The third-order valence-corrected chi connectivity index (χ3v) is 6.07. The summed E-state index contributed by atoms with van der Waals surface area (Å²) in [5.41, 5.74) is 1.98. The first-order chi connectivity index (χ1) is 14.5. The second-order valence-corrected chi connectivity index (χ2v) is 7.85. The van der Waals surface area contributed by atoms with Crippen LogP contribution in [0.1, 0.15) is 18.1 Å². The van der Waals surface area contributed by atoms with Crippen LogP contribution in [0.15, 0.2) is 54.2 Å². The number of halogens is 2. The van der Waals surface area contributed by atoms with Gasteiger partial charge in [-0.2, -0.15) is 0 Å². The van der Waals surface area contributed by atoms with Gasteiger partial charge in [0.25, 0.3) is 11.8 Å². The normalized spacial score (nSPS) is 18.0. The van der Waals surface area contributed by atoms with Crippen LogP contribution in [-0.4, -0.2) is 59.2 Å². The van der Waals surface area contributed by atoms with Crippen LogP contribution in [0.25, 0.3) is 5.57 Å². The topological polar surface area (TPSA) is 43.9 Å². The van der Waals surface area contributed by atoms with Crippen molar-refractivity contribution < 1.29 is 14.0 Å². The molecule has 0 bridgehead atoms. The van der Waals surface area contributed by atoms with Crippen molar-refractivity contribution in [3.63, 3.8) is 0 Å². The van der Waals surface area contributed by atoms with Crippen LogP contribution < -0.4 is 0 Å². The number of carbonyl (C=O) groups is 2. The molecule has 5 nitrogen and oxygen atoms in total. The number of carbonyl (C=O) groups excluding carboxylic acids is 2. The largest absolute Gasteiger partial charge is 0.364 e. The molecule has 0 atom stereocenters. The van der Waals surface area contributed by atoms with Crippen LogP contribution in [-0.2, 0) is 16.1 Å². The van der Waals surface area contributed by atoms with Gasteiger partial charge in [-0.3, -0.25) is 14.5 Å².